The van der Waals surface area contributed by atoms with Crippen LogP contribution in [0.4, 0.5) is 11.4 Å². The number of aromatic hydroxyl groups is 1. The molecular weight excluding hydrogens is 248 g/mol. The van der Waals surface area contributed by atoms with E-state index in [0.29, 0.717) is 16.4 Å². The van der Waals surface area contributed by atoms with Gasteiger partial charge in [-0.15, -0.1) is 5.11 Å². The van der Waals surface area contributed by atoms with Crippen molar-refractivity contribution < 1.29 is 5.11 Å². The van der Waals surface area contributed by atoms with E-state index in [9.17, 15) is 5.11 Å². The summed E-state index contributed by atoms with van der Waals surface area (Å²) in [6, 6.07) is 12.4. The second kappa shape index (κ2) is 5.65. The third kappa shape index (κ3) is 3.08. The monoisotopic (exact) mass is 260 g/mol. The van der Waals surface area contributed by atoms with Crippen molar-refractivity contribution in [3.05, 3.63) is 53.1 Å². The zero-order chi connectivity index (χ0) is 13.0. The average molecular weight is 261 g/mol. The molecule has 2 rings (SSSR count). The van der Waals surface area contributed by atoms with Gasteiger partial charge >= 0.3 is 0 Å². The number of nitrogens with zero attached hydrogens (tertiary/aromatic N) is 2. The maximum atomic E-state index is 9.68. The fourth-order valence-corrected chi connectivity index (χ4v) is 1.70. The second-order valence-corrected chi connectivity index (χ2v) is 4.29. The SMILES string of the molecule is CCc1ccc(O)c(N=Nc2cccc(Cl)c2)c1. The molecule has 3 nitrogen and oxygen atoms in total. The average Bonchev–Trinajstić information content (AvgIpc) is 2.38. The second-order valence-electron chi connectivity index (χ2n) is 3.86. The Morgan fingerprint density at radius 2 is 1.94 bits per heavy atom. The van der Waals surface area contributed by atoms with Crippen molar-refractivity contribution in [3.8, 4) is 5.75 Å². The molecule has 4 heteroatoms. The number of halogens is 1. The van der Waals surface area contributed by atoms with E-state index in [1.807, 2.05) is 19.1 Å². The van der Waals surface area contributed by atoms with Gasteiger partial charge in [-0.2, -0.15) is 5.11 Å². The van der Waals surface area contributed by atoms with Crippen molar-refractivity contribution >= 4 is 23.0 Å². The van der Waals surface area contributed by atoms with Crippen LogP contribution < -0.4 is 0 Å². The molecule has 0 aliphatic rings. The summed E-state index contributed by atoms with van der Waals surface area (Å²) in [5.74, 6) is 0.123. The highest BCUT2D eigenvalue weighted by Gasteiger charge is 2.01. The lowest BCUT2D eigenvalue weighted by atomic mass is 10.1. The fourth-order valence-electron chi connectivity index (χ4n) is 1.52. The minimum atomic E-state index is 0.123. The quantitative estimate of drug-likeness (QED) is 0.774. The minimum absolute atomic E-state index is 0.123. The van der Waals surface area contributed by atoms with Crippen molar-refractivity contribution in [2.24, 2.45) is 10.2 Å². The van der Waals surface area contributed by atoms with Gasteiger partial charge in [-0.25, -0.2) is 0 Å². The highest BCUT2D eigenvalue weighted by molar-refractivity contribution is 6.30. The van der Waals surface area contributed by atoms with Crippen molar-refractivity contribution in [1.29, 1.82) is 0 Å². The van der Waals surface area contributed by atoms with Gasteiger partial charge in [0.25, 0.3) is 0 Å². The van der Waals surface area contributed by atoms with E-state index in [2.05, 4.69) is 10.2 Å². The molecule has 0 fully saturated rings. The Morgan fingerprint density at radius 1 is 1.11 bits per heavy atom. The summed E-state index contributed by atoms with van der Waals surface area (Å²) in [6.07, 6.45) is 0.889. The van der Waals surface area contributed by atoms with Crippen molar-refractivity contribution in [3.63, 3.8) is 0 Å². The number of hydrogen-bond donors (Lipinski definition) is 1. The number of phenols is 1. The van der Waals surface area contributed by atoms with Gasteiger partial charge in [0.1, 0.15) is 11.4 Å². The van der Waals surface area contributed by atoms with Crippen LogP contribution in [-0.4, -0.2) is 5.11 Å². The summed E-state index contributed by atoms with van der Waals surface area (Å²) in [5.41, 5.74) is 2.23. The highest BCUT2D eigenvalue weighted by Crippen LogP contribution is 2.29. The molecule has 0 bridgehead atoms. The molecule has 0 saturated heterocycles. The maximum absolute atomic E-state index is 9.68. The molecule has 0 atom stereocenters. The molecule has 0 aliphatic heterocycles. The van der Waals surface area contributed by atoms with Gasteiger partial charge in [-0.05, 0) is 42.3 Å². The van der Waals surface area contributed by atoms with Crippen LogP contribution in [0.3, 0.4) is 0 Å². The Morgan fingerprint density at radius 3 is 2.67 bits per heavy atom. The van der Waals surface area contributed by atoms with Gasteiger partial charge in [0.15, 0.2) is 0 Å². The summed E-state index contributed by atoms with van der Waals surface area (Å²) < 4.78 is 0. The van der Waals surface area contributed by atoms with Crippen molar-refractivity contribution in [2.75, 3.05) is 0 Å². The smallest absolute Gasteiger partial charge is 0.143 e. The van der Waals surface area contributed by atoms with Gasteiger partial charge in [0.05, 0.1) is 5.69 Å². The third-order valence-corrected chi connectivity index (χ3v) is 2.76. The number of aryl methyl sites for hydroxylation is 1. The highest BCUT2D eigenvalue weighted by atomic mass is 35.5. The van der Waals surface area contributed by atoms with Crippen molar-refractivity contribution in [2.45, 2.75) is 13.3 Å². The molecule has 92 valence electrons. The van der Waals surface area contributed by atoms with Gasteiger partial charge in [-0.1, -0.05) is 30.7 Å². The summed E-state index contributed by atoms with van der Waals surface area (Å²) in [7, 11) is 0. The third-order valence-electron chi connectivity index (χ3n) is 2.53. The molecule has 2 aromatic rings. The molecule has 2 aromatic carbocycles. The van der Waals surface area contributed by atoms with Crippen LogP contribution in [0, 0.1) is 0 Å². The molecule has 0 unspecified atom stereocenters. The number of rotatable bonds is 3. The Bertz CT molecular complexity index is 582. The van der Waals surface area contributed by atoms with Gasteiger partial charge in [0, 0.05) is 5.02 Å². The van der Waals surface area contributed by atoms with Crippen LogP contribution in [0.2, 0.25) is 5.02 Å². The molecule has 0 heterocycles. The minimum Gasteiger partial charge on any atom is -0.506 e. The predicted molar refractivity (Wildman–Crippen MR) is 73.1 cm³/mol. The lowest BCUT2D eigenvalue weighted by Crippen LogP contribution is -1.78. The van der Waals surface area contributed by atoms with E-state index < -0.39 is 0 Å². The predicted octanol–water partition coefficient (Wildman–Crippen LogP) is 5.02. The fraction of sp³-hybridized carbons (Fsp3) is 0.143. The molecule has 0 aliphatic carbocycles. The Balaban J connectivity index is 2.28. The standard InChI is InChI=1S/C14H13ClN2O/c1-2-10-6-7-14(18)13(8-10)17-16-12-5-3-4-11(15)9-12/h3-9,18H,2H2,1H3. The Labute approximate surface area is 111 Å². The molecule has 18 heavy (non-hydrogen) atoms. The van der Waals surface area contributed by atoms with Crippen molar-refractivity contribution in [1.82, 2.24) is 0 Å². The van der Waals surface area contributed by atoms with Gasteiger partial charge in [-0.3, -0.25) is 0 Å². The van der Waals surface area contributed by atoms with Crippen LogP contribution in [0.25, 0.3) is 0 Å². The van der Waals surface area contributed by atoms with E-state index >= 15 is 0 Å². The molecule has 0 spiro atoms. The maximum Gasteiger partial charge on any atom is 0.143 e. The van der Waals surface area contributed by atoms with Gasteiger partial charge < -0.3 is 5.11 Å². The summed E-state index contributed by atoms with van der Waals surface area (Å²) in [6.45, 7) is 2.05. The number of hydrogen-bond acceptors (Lipinski definition) is 3. The zero-order valence-corrected chi connectivity index (χ0v) is 10.7. The summed E-state index contributed by atoms with van der Waals surface area (Å²) in [4.78, 5) is 0. The molecule has 0 radical (unpaired) electrons. The Kier molecular flexibility index (Phi) is 3.95. The van der Waals surface area contributed by atoms with E-state index in [1.165, 1.54) is 0 Å². The summed E-state index contributed by atoms with van der Waals surface area (Å²) in [5, 5.41) is 18.4. The van der Waals surface area contributed by atoms with E-state index in [0.717, 1.165) is 12.0 Å². The van der Waals surface area contributed by atoms with Gasteiger partial charge in [0.2, 0.25) is 0 Å². The lowest BCUT2D eigenvalue weighted by molar-refractivity contribution is 0.476. The molecule has 0 amide bonds. The van der Waals surface area contributed by atoms with E-state index in [4.69, 9.17) is 11.6 Å². The largest absolute Gasteiger partial charge is 0.506 e. The number of benzene rings is 2. The first-order valence-electron chi connectivity index (χ1n) is 5.68. The molecule has 1 N–H and O–H groups in total. The van der Waals surface area contributed by atoms with Crippen LogP contribution in [0.5, 0.6) is 5.75 Å². The first kappa shape index (κ1) is 12.6. The molecular formula is C14H13ClN2O. The number of phenolic OH excluding ortho intramolecular Hbond substituents is 1. The normalized spacial score (nSPS) is 11.0. The Hall–Kier alpha value is -1.87. The van der Waals surface area contributed by atoms with Crippen LogP contribution in [-0.2, 0) is 6.42 Å². The van der Waals surface area contributed by atoms with Crippen LogP contribution in [0.15, 0.2) is 52.7 Å². The summed E-state index contributed by atoms with van der Waals surface area (Å²) >= 11 is 5.85. The molecule has 0 saturated carbocycles. The number of azo groups is 1. The van der Waals surface area contributed by atoms with E-state index in [1.54, 1.807) is 30.3 Å². The topological polar surface area (TPSA) is 45.0 Å². The van der Waals surface area contributed by atoms with Crippen LogP contribution in [0.1, 0.15) is 12.5 Å². The molecule has 0 aromatic heterocycles. The van der Waals surface area contributed by atoms with Crippen LogP contribution >= 0.6 is 11.6 Å². The zero-order valence-electron chi connectivity index (χ0n) is 9.97. The van der Waals surface area contributed by atoms with E-state index in [-0.39, 0.29) is 5.75 Å². The first-order valence-corrected chi connectivity index (χ1v) is 6.06. The first-order chi connectivity index (χ1) is 8.69. The lowest BCUT2D eigenvalue weighted by Gasteiger charge is -2.01.